The third kappa shape index (κ3) is 1.81. The molecule has 80 valence electrons. The van der Waals surface area contributed by atoms with Crippen LogP contribution in [0.3, 0.4) is 0 Å². The van der Waals surface area contributed by atoms with Gasteiger partial charge in [0, 0.05) is 5.71 Å². The summed E-state index contributed by atoms with van der Waals surface area (Å²) in [5.74, 6) is 1.13. The molecule has 1 N–H and O–H groups in total. The Bertz CT molecular complexity index is 395. The van der Waals surface area contributed by atoms with Crippen LogP contribution in [-0.2, 0) is 0 Å². The zero-order valence-electron chi connectivity index (χ0n) is 8.98. The summed E-state index contributed by atoms with van der Waals surface area (Å²) in [6.45, 7) is 4.04. The molecule has 0 saturated carbocycles. The fourth-order valence-corrected chi connectivity index (χ4v) is 2.09. The molecule has 0 bridgehead atoms. The van der Waals surface area contributed by atoms with Crippen molar-refractivity contribution >= 4 is 34.4 Å². The maximum Gasteiger partial charge on any atom is 0.243 e. The van der Waals surface area contributed by atoms with E-state index >= 15 is 0 Å². The minimum Gasteiger partial charge on any atom is -0.265 e. The fourth-order valence-electron chi connectivity index (χ4n) is 1.66. The Hall–Kier alpha value is -1.17. The van der Waals surface area contributed by atoms with Gasteiger partial charge in [0.15, 0.2) is 0 Å². The van der Waals surface area contributed by atoms with Crippen molar-refractivity contribution in [1.29, 1.82) is 5.41 Å². The summed E-state index contributed by atoms with van der Waals surface area (Å²) in [5, 5.41) is 14.5. The minimum absolute atomic E-state index is 0.0785. The Kier molecular flexibility index (Phi) is 2.60. The lowest BCUT2D eigenvalue weighted by Gasteiger charge is -2.20. The van der Waals surface area contributed by atoms with Crippen molar-refractivity contribution in [3.8, 4) is 0 Å². The molecule has 0 aromatic carbocycles. The number of hydrazone groups is 1. The standard InChI is InChI=1S/C9H13N5S/c1-4-6-5(2)11-8(10)12-7(6)14-9(13-14)15-3/h6,10H,4H2,1-3H3. The van der Waals surface area contributed by atoms with E-state index in [2.05, 4.69) is 22.0 Å². The van der Waals surface area contributed by atoms with Gasteiger partial charge in [-0.1, -0.05) is 18.7 Å². The molecule has 0 aromatic rings. The summed E-state index contributed by atoms with van der Waals surface area (Å²) in [5.41, 5.74) is 0.954. The van der Waals surface area contributed by atoms with Gasteiger partial charge < -0.3 is 0 Å². The fraction of sp³-hybridized carbons (Fsp3) is 0.556. The Balaban J connectivity index is 2.19. The van der Waals surface area contributed by atoms with Gasteiger partial charge in [0.2, 0.25) is 11.1 Å². The van der Waals surface area contributed by atoms with Crippen molar-refractivity contribution in [2.45, 2.75) is 20.3 Å². The highest BCUT2D eigenvalue weighted by Crippen LogP contribution is 2.26. The number of rotatable bonds is 1. The second-order valence-corrected chi connectivity index (χ2v) is 4.18. The highest BCUT2D eigenvalue weighted by Gasteiger charge is 2.36. The SMILES string of the molecule is CCC1C(C)=NC(=N)N=C1N1N=C1SC. The molecule has 0 spiro atoms. The lowest BCUT2D eigenvalue weighted by Crippen LogP contribution is -2.33. The van der Waals surface area contributed by atoms with Gasteiger partial charge in [0.1, 0.15) is 5.84 Å². The molecule has 2 aliphatic rings. The first kappa shape index (κ1) is 10.4. The predicted molar refractivity (Wildman–Crippen MR) is 64.8 cm³/mol. The van der Waals surface area contributed by atoms with Gasteiger partial charge in [-0.2, -0.15) is 10.0 Å². The van der Waals surface area contributed by atoms with Crippen LogP contribution in [0.1, 0.15) is 20.3 Å². The van der Waals surface area contributed by atoms with E-state index in [1.165, 1.54) is 0 Å². The Morgan fingerprint density at radius 3 is 2.73 bits per heavy atom. The van der Waals surface area contributed by atoms with Crippen molar-refractivity contribution in [3.63, 3.8) is 0 Å². The molecule has 0 aliphatic carbocycles. The minimum atomic E-state index is 0.0785. The van der Waals surface area contributed by atoms with Crippen molar-refractivity contribution < 1.29 is 0 Å². The van der Waals surface area contributed by atoms with Crippen LogP contribution in [0.15, 0.2) is 15.1 Å². The molecule has 0 saturated heterocycles. The lowest BCUT2D eigenvalue weighted by molar-refractivity contribution is 0.716. The monoisotopic (exact) mass is 223 g/mol. The van der Waals surface area contributed by atoms with Crippen molar-refractivity contribution in [3.05, 3.63) is 0 Å². The first-order valence-electron chi connectivity index (χ1n) is 4.82. The third-order valence-electron chi connectivity index (χ3n) is 2.45. The van der Waals surface area contributed by atoms with E-state index in [-0.39, 0.29) is 11.9 Å². The third-order valence-corrected chi connectivity index (χ3v) is 3.07. The van der Waals surface area contributed by atoms with Crippen molar-refractivity contribution in [2.75, 3.05) is 6.26 Å². The number of amidine groups is 2. The van der Waals surface area contributed by atoms with Gasteiger partial charge in [-0.15, -0.1) is 5.10 Å². The Morgan fingerprint density at radius 1 is 1.47 bits per heavy atom. The number of thioether (sulfide) groups is 1. The van der Waals surface area contributed by atoms with Gasteiger partial charge in [-0.3, -0.25) is 5.41 Å². The van der Waals surface area contributed by atoms with Gasteiger partial charge in [-0.05, 0) is 19.6 Å². The van der Waals surface area contributed by atoms with E-state index in [1.807, 2.05) is 18.2 Å². The van der Waals surface area contributed by atoms with Crippen LogP contribution < -0.4 is 0 Å². The molecule has 1 atom stereocenters. The smallest absolute Gasteiger partial charge is 0.243 e. The molecular weight excluding hydrogens is 210 g/mol. The molecule has 6 heteroatoms. The van der Waals surface area contributed by atoms with E-state index in [4.69, 9.17) is 5.41 Å². The topological polar surface area (TPSA) is 63.9 Å². The maximum atomic E-state index is 7.50. The quantitative estimate of drug-likeness (QED) is 0.736. The summed E-state index contributed by atoms with van der Waals surface area (Å²) in [4.78, 5) is 8.23. The van der Waals surface area contributed by atoms with Crippen LogP contribution in [-0.4, -0.2) is 33.9 Å². The lowest BCUT2D eigenvalue weighted by atomic mass is 9.99. The van der Waals surface area contributed by atoms with Crippen molar-refractivity contribution in [2.24, 2.45) is 21.0 Å². The molecule has 2 aliphatic heterocycles. The molecule has 2 rings (SSSR count). The van der Waals surface area contributed by atoms with Crippen LogP contribution in [0, 0.1) is 11.3 Å². The molecule has 0 fully saturated rings. The molecule has 0 amide bonds. The van der Waals surface area contributed by atoms with Crippen LogP contribution in [0.25, 0.3) is 0 Å². The summed E-state index contributed by atoms with van der Waals surface area (Å²) in [7, 11) is 0. The summed E-state index contributed by atoms with van der Waals surface area (Å²) < 4.78 is 0. The Labute approximate surface area is 92.9 Å². The maximum absolute atomic E-state index is 7.50. The van der Waals surface area contributed by atoms with Crippen LogP contribution >= 0.6 is 11.8 Å². The van der Waals surface area contributed by atoms with Crippen molar-refractivity contribution in [1.82, 2.24) is 5.01 Å². The molecule has 0 aromatic heterocycles. The second-order valence-electron chi connectivity index (χ2n) is 3.41. The summed E-state index contributed by atoms with van der Waals surface area (Å²) in [6, 6.07) is 0. The summed E-state index contributed by atoms with van der Waals surface area (Å²) in [6.07, 6.45) is 2.92. The van der Waals surface area contributed by atoms with E-state index in [0.29, 0.717) is 0 Å². The van der Waals surface area contributed by atoms with Gasteiger partial charge in [-0.25, -0.2) is 4.99 Å². The molecule has 5 nitrogen and oxygen atoms in total. The molecule has 15 heavy (non-hydrogen) atoms. The largest absolute Gasteiger partial charge is 0.265 e. The normalized spacial score (nSPS) is 24.7. The first-order chi connectivity index (χ1) is 7.17. The average Bonchev–Trinajstić information content (AvgIpc) is 2.95. The zero-order chi connectivity index (χ0) is 11.0. The number of nitrogens with one attached hydrogen (secondary N) is 1. The zero-order valence-corrected chi connectivity index (χ0v) is 9.80. The highest BCUT2D eigenvalue weighted by molar-refractivity contribution is 8.13. The number of guanidine groups is 1. The molecule has 0 radical (unpaired) electrons. The van der Waals surface area contributed by atoms with Crippen LogP contribution in [0.2, 0.25) is 0 Å². The number of nitrogens with zero attached hydrogens (tertiary/aromatic N) is 4. The highest BCUT2D eigenvalue weighted by atomic mass is 32.2. The number of hydrogen-bond donors (Lipinski definition) is 1. The summed E-state index contributed by atoms with van der Waals surface area (Å²) >= 11 is 1.59. The van der Waals surface area contributed by atoms with Gasteiger partial charge in [0.05, 0.1) is 5.92 Å². The van der Waals surface area contributed by atoms with Gasteiger partial charge in [0.25, 0.3) is 0 Å². The van der Waals surface area contributed by atoms with Gasteiger partial charge >= 0.3 is 0 Å². The average molecular weight is 223 g/mol. The van der Waals surface area contributed by atoms with Crippen LogP contribution in [0.4, 0.5) is 0 Å². The second kappa shape index (κ2) is 3.77. The van der Waals surface area contributed by atoms with E-state index in [0.717, 1.165) is 23.1 Å². The Morgan fingerprint density at radius 2 is 2.20 bits per heavy atom. The van der Waals surface area contributed by atoms with E-state index in [9.17, 15) is 0 Å². The number of hydrogen-bond acceptors (Lipinski definition) is 4. The van der Waals surface area contributed by atoms with E-state index < -0.39 is 0 Å². The van der Waals surface area contributed by atoms with E-state index in [1.54, 1.807) is 11.8 Å². The van der Waals surface area contributed by atoms with Crippen LogP contribution in [0.5, 0.6) is 0 Å². The molecule has 1 unspecified atom stereocenters. The number of aliphatic imine (C=N–C) groups is 2. The first-order valence-corrected chi connectivity index (χ1v) is 6.05. The predicted octanol–water partition coefficient (Wildman–Crippen LogP) is 1.77. The molecular formula is C9H13N5S. The molecule has 2 heterocycles.